The molecule has 0 amide bonds. The van der Waals surface area contributed by atoms with E-state index in [2.05, 4.69) is 12.0 Å². The molecule has 0 bridgehead atoms. The number of hydrogen-bond donors (Lipinski definition) is 0. The summed E-state index contributed by atoms with van der Waals surface area (Å²) in [6, 6.07) is 10.2. The van der Waals surface area contributed by atoms with Gasteiger partial charge in [0.05, 0.1) is 11.6 Å². The Balaban J connectivity index is 1.97. The second kappa shape index (κ2) is 5.82. The number of carbonyl (C=O) groups is 1. The zero-order valence-electron chi connectivity index (χ0n) is 12.4. The smallest absolute Gasteiger partial charge is 0.153 e. The molecular formula is C17H20N2O2. The van der Waals surface area contributed by atoms with E-state index in [-0.39, 0.29) is 6.10 Å². The summed E-state index contributed by atoms with van der Waals surface area (Å²) in [6.07, 6.45) is 4.91. The monoisotopic (exact) mass is 284 g/mol. The van der Waals surface area contributed by atoms with Crippen molar-refractivity contribution >= 4 is 6.29 Å². The normalized spacial score (nSPS) is 17.4. The quantitative estimate of drug-likeness (QED) is 0.764. The number of methoxy groups -OCH3 is 1. The second-order valence-corrected chi connectivity index (χ2v) is 5.67. The van der Waals surface area contributed by atoms with Crippen LogP contribution in [0.3, 0.4) is 0 Å². The zero-order valence-corrected chi connectivity index (χ0v) is 12.4. The molecular weight excluding hydrogens is 264 g/mol. The Morgan fingerprint density at radius 3 is 2.62 bits per heavy atom. The van der Waals surface area contributed by atoms with E-state index in [9.17, 15) is 4.79 Å². The van der Waals surface area contributed by atoms with Crippen LogP contribution < -0.4 is 0 Å². The molecule has 1 saturated carbocycles. The summed E-state index contributed by atoms with van der Waals surface area (Å²) in [4.78, 5) is 11.4. The molecule has 0 spiro atoms. The van der Waals surface area contributed by atoms with E-state index in [4.69, 9.17) is 4.74 Å². The summed E-state index contributed by atoms with van der Waals surface area (Å²) in [5, 5.41) is 4.65. The Morgan fingerprint density at radius 2 is 2.05 bits per heavy atom. The standard InChI is InChI=1S/C17H20N2O2/c1-12(13-8-9-13)19-10-15(11-20)16(18-19)17(21-2)14-6-4-3-5-7-14/h3-7,10-13,17H,8-9H2,1-2H3. The summed E-state index contributed by atoms with van der Waals surface area (Å²) in [5.41, 5.74) is 2.32. The van der Waals surface area contributed by atoms with Crippen LogP contribution in [0.25, 0.3) is 0 Å². The molecule has 4 nitrogen and oxygen atoms in total. The first-order chi connectivity index (χ1) is 10.2. The van der Waals surface area contributed by atoms with Crippen molar-refractivity contribution in [3.05, 3.63) is 53.3 Å². The molecule has 3 rings (SSSR count). The Hall–Kier alpha value is -1.94. The van der Waals surface area contributed by atoms with E-state index >= 15 is 0 Å². The molecule has 2 unspecified atom stereocenters. The summed E-state index contributed by atoms with van der Waals surface area (Å²) in [6.45, 7) is 2.16. The summed E-state index contributed by atoms with van der Waals surface area (Å²) >= 11 is 0. The predicted molar refractivity (Wildman–Crippen MR) is 80.3 cm³/mol. The van der Waals surface area contributed by atoms with Crippen molar-refractivity contribution in [2.45, 2.75) is 31.9 Å². The molecule has 1 heterocycles. The fraction of sp³-hybridized carbons (Fsp3) is 0.412. The van der Waals surface area contributed by atoms with Gasteiger partial charge in [0.15, 0.2) is 6.29 Å². The number of nitrogens with zero attached hydrogens (tertiary/aromatic N) is 2. The lowest BCUT2D eigenvalue weighted by atomic mass is 10.0. The lowest BCUT2D eigenvalue weighted by Gasteiger charge is -2.15. The molecule has 2 atom stereocenters. The molecule has 1 aromatic heterocycles. The molecule has 2 aromatic rings. The highest BCUT2D eigenvalue weighted by molar-refractivity contribution is 5.76. The molecule has 1 aliphatic carbocycles. The van der Waals surface area contributed by atoms with Crippen molar-refractivity contribution in [3.8, 4) is 0 Å². The van der Waals surface area contributed by atoms with E-state index in [1.165, 1.54) is 12.8 Å². The van der Waals surface area contributed by atoms with Crippen LogP contribution in [0.1, 0.15) is 53.5 Å². The van der Waals surface area contributed by atoms with Crippen molar-refractivity contribution in [3.63, 3.8) is 0 Å². The van der Waals surface area contributed by atoms with Gasteiger partial charge in [0.25, 0.3) is 0 Å². The molecule has 0 radical (unpaired) electrons. The maximum absolute atomic E-state index is 11.4. The first kappa shape index (κ1) is 14.0. The topological polar surface area (TPSA) is 44.1 Å². The average Bonchev–Trinajstić information content (AvgIpc) is 3.29. The lowest BCUT2D eigenvalue weighted by Crippen LogP contribution is -2.10. The van der Waals surface area contributed by atoms with E-state index in [0.29, 0.717) is 23.2 Å². The van der Waals surface area contributed by atoms with Crippen LogP contribution in [0.5, 0.6) is 0 Å². The molecule has 110 valence electrons. The van der Waals surface area contributed by atoms with Crippen molar-refractivity contribution in [1.82, 2.24) is 9.78 Å². The number of carbonyl (C=O) groups excluding carboxylic acids is 1. The molecule has 0 aliphatic heterocycles. The highest BCUT2D eigenvalue weighted by Gasteiger charge is 2.31. The summed E-state index contributed by atoms with van der Waals surface area (Å²) in [7, 11) is 1.65. The van der Waals surface area contributed by atoms with Gasteiger partial charge in [-0.1, -0.05) is 30.3 Å². The van der Waals surface area contributed by atoms with Gasteiger partial charge in [-0.05, 0) is 31.2 Å². The van der Waals surface area contributed by atoms with Crippen molar-refractivity contribution in [2.75, 3.05) is 7.11 Å². The van der Waals surface area contributed by atoms with E-state index in [1.54, 1.807) is 7.11 Å². The van der Waals surface area contributed by atoms with E-state index < -0.39 is 0 Å². The van der Waals surface area contributed by atoms with Gasteiger partial charge in [-0.3, -0.25) is 9.48 Å². The third-order valence-electron chi connectivity index (χ3n) is 4.23. The van der Waals surface area contributed by atoms with Gasteiger partial charge in [0, 0.05) is 13.3 Å². The Bertz CT molecular complexity index is 617. The number of benzene rings is 1. The molecule has 0 N–H and O–H groups in total. The maximum atomic E-state index is 11.4. The van der Waals surface area contributed by atoms with Crippen molar-refractivity contribution in [2.24, 2.45) is 5.92 Å². The summed E-state index contributed by atoms with van der Waals surface area (Å²) in [5.74, 6) is 0.690. The van der Waals surface area contributed by atoms with Gasteiger partial charge in [-0.2, -0.15) is 5.10 Å². The highest BCUT2D eigenvalue weighted by atomic mass is 16.5. The fourth-order valence-corrected chi connectivity index (χ4v) is 2.75. The maximum Gasteiger partial charge on any atom is 0.153 e. The Kier molecular flexibility index (Phi) is 3.88. The first-order valence-electron chi connectivity index (χ1n) is 7.36. The average molecular weight is 284 g/mol. The van der Waals surface area contributed by atoms with Crippen molar-refractivity contribution < 1.29 is 9.53 Å². The predicted octanol–water partition coefficient (Wildman–Crippen LogP) is 3.40. The number of aldehydes is 1. The number of hydrogen-bond acceptors (Lipinski definition) is 3. The molecule has 21 heavy (non-hydrogen) atoms. The zero-order chi connectivity index (χ0) is 14.8. The van der Waals surface area contributed by atoms with Gasteiger partial charge in [-0.25, -0.2) is 0 Å². The minimum absolute atomic E-state index is 0.306. The van der Waals surface area contributed by atoms with Gasteiger partial charge in [-0.15, -0.1) is 0 Å². The molecule has 1 aliphatic rings. The second-order valence-electron chi connectivity index (χ2n) is 5.67. The van der Waals surface area contributed by atoms with Gasteiger partial charge < -0.3 is 4.74 Å². The van der Waals surface area contributed by atoms with Gasteiger partial charge in [0.2, 0.25) is 0 Å². The van der Waals surface area contributed by atoms with Crippen molar-refractivity contribution in [1.29, 1.82) is 0 Å². The molecule has 4 heteroatoms. The number of rotatable bonds is 6. The largest absolute Gasteiger partial charge is 0.370 e. The Morgan fingerprint density at radius 1 is 1.33 bits per heavy atom. The van der Waals surface area contributed by atoms with E-state index in [0.717, 1.165) is 11.8 Å². The van der Waals surface area contributed by atoms with Crippen LogP contribution in [-0.4, -0.2) is 23.2 Å². The van der Waals surface area contributed by atoms with Crippen LogP contribution in [0, 0.1) is 5.92 Å². The van der Waals surface area contributed by atoms with E-state index in [1.807, 2.05) is 41.2 Å². The summed E-state index contributed by atoms with van der Waals surface area (Å²) < 4.78 is 7.52. The Labute approximate surface area is 124 Å². The third-order valence-corrected chi connectivity index (χ3v) is 4.23. The number of aromatic nitrogens is 2. The molecule has 1 aromatic carbocycles. The minimum Gasteiger partial charge on any atom is -0.370 e. The third kappa shape index (κ3) is 2.76. The van der Waals surface area contributed by atoms with Crippen LogP contribution in [0.4, 0.5) is 0 Å². The van der Waals surface area contributed by atoms with Crippen LogP contribution in [0.2, 0.25) is 0 Å². The van der Waals surface area contributed by atoms with Gasteiger partial charge >= 0.3 is 0 Å². The minimum atomic E-state index is -0.306. The number of ether oxygens (including phenoxy) is 1. The van der Waals surface area contributed by atoms with Crippen LogP contribution in [0.15, 0.2) is 36.5 Å². The SMILES string of the molecule is COC(c1ccccc1)c1nn(C(C)C2CC2)cc1C=O. The van der Waals surface area contributed by atoms with Crippen LogP contribution >= 0.6 is 0 Å². The highest BCUT2D eigenvalue weighted by Crippen LogP contribution is 2.39. The lowest BCUT2D eigenvalue weighted by molar-refractivity contribution is 0.110. The molecule has 1 fully saturated rings. The van der Waals surface area contributed by atoms with Crippen LogP contribution in [-0.2, 0) is 4.74 Å². The van der Waals surface area contributed by atoms with Gasteiger partial charge in [0.1, 0.15) is 11.8 Å². The first-order valence-corrected chi connectivity index (χ1v) is 7.36. The fourth-order valence-electron chi connectivity index (χ4n) is 2.75. The molecule has 0 saturated heterocycles.